The van der Waals surface area contributed by atoms with Gasteiger partial charge in [-0.1, -0.05) is 48.5 Å². The number of pyridine rings is 1. The number of ether oxygens (including phenoxy) is 1. The molecule has 182 valence electrons. The first-order valence-electron chi connectivity index (χ1n) is 12.2. The Bertz CT molecular complexity index is 1200. The number of carbonyl (C=O) groups excluding carboxylic acids is 2. The molecule has 1 amide bonds. The van der Waals surface area contributed by atoms with E-state index in [1.807, 2.05) is 45.9 Å². The summed E-state index contributed by atoms with van der Waals surface area (Å²) in [7, 11) is 0. The van der Waals surface area contributed by atoms with E-state index < -0.39 is 5.60 Å². The fourth-order valence-corrected chi connectivity index (χ4v) is 4.57. The van der Waals surface area contributed by atoms with Crippen LogP contribution in [0.4, 0.5) is 4.79 Å². The number of amides is 1. The summed E-state index contributed by atoms with van der Waals surface area (Å²) in [6, 6.07) is 20.5. The number of aromatic nitrogens is 1. The normalized spacial score (nSPS) is 14.8. The summed E-state index contributed by atoms with van der Waals surface area (Å²) in [5.74, 6) is 0.376. The van der Waals surface area contributed by atoms with E-state index in [4.69, 9.17) is 4.74 Å². The summed E-state index contributed by atoms with van der Waals surface area (Å²) in [4.78, 5) is 31.4. The van der Waals surface area contributed by atoms with E-state index in [2.05, 4.69) is 48.3 Å². The molecule has 1 aliphatic heterocycles. The molecule has 3 aromatic rings. The Morgan fingerprint density at radius 1 is 1.03 bits per heavy atom. The van der Waals surface area contributed by atoms with Gasteiger partial charge in [0.15, 0.2) is 5.78 Å². The maximum absolute atomic E-state index is 13.2. The number of likely N-dealkylation sites (tertiary alicyclic amines) is 1. The number of benzene rings is 2. The van der Waals surface area contributed by atoms with Gasteiger partial charge in [0.25, 0.3) is 0 Å². The molecule has 2 aromatic carbocycles. The van der Waals surface area contributed by atoms with Crippen LogP contribution in [-0.2, 0) is 4.74 Å². The molecule has 5 nitrogen and oxygen atoms in total. The molecule has 5 heteroatoms. The number of nitrogens with zero attached hydrogens (tertiary/aromatic N) is 2. The molecular formula is C30H34N2O3. The van der Waals surface area contributed by atoms with Crippen LogP contribution >= 0.6 is 0 Å². The lowest BCUT2D eigenvalue weighted by Crippen LogP contribution is -2.50. The van der Waals surface area contributed by atoms with E-state index in [1.54, 1.807) is 17.2 Å². The largest absolute Gasteiger partial charge is 0.444 e. The smallest absolute Gasteiger partial charge is 0.410 e. The summed E-state index contributed by atoms with van der Waals surface area (Å²) in [6.45, 7) is 11.0. The second-order valence-corrected chi connectivity index (χ2v) is 10.5. The third kappa shape index (κ3) is 5.97. The third-order valence-electron chi connectivity index (χ3n) is 6.52. The number of hydrogen-bond acceptors (Lipinski definition) is 4. The predicted octanol–water partition coefficient (Wildman–Crippen LogP) is 6.44. The number of aryl methyl sites for hydroxylation is 2. The first-order chi connectivity index (χ1) is 16.6. The lowest BCUT2D eigenvalue weighted by molar-refractivity contribution is 0.00818. The molecule has 35 heavy (non-hydrogen) atoms. The van der Waals surface area contributed by atoms with Crippen molar-refractivity contribution in [2.24, 2.45) is 0 Å². The predicted molar refractivity (Wildman–Crippen MR) is 138 cm³/mol. The SMILES string of the molecule is Cc1cc(C(=O)C[C@H](c2ccc(C3CN(C(=O)OC(C)(C)C)C3)cc2)c2ccccc2C)ccn1. The highest BCUT2D eigenvalue weighted by molar-refractivity contribution is 5.96. The van der Waals surface area contributed by atoms with Gasteiger partial charge in [0, 0.05) is 48.8 Å². The zero-order valence-electron chi connectivity index (χ0n) is 21.2. The Morgan fingerprint density at radius 3 is 2.34 bits per heavy atom. The number of carbonyl (C=O) groups is 2. The van der Waals surface area contributed by atoms with E-state index in [-0.39, 0.29) is 17.8 Å². The Kier molecular flexibility index (Phi) is 7.06. The Morgan fingerprint density at radius 2 is 1.71 bits per heavy atom. The van der Waals surface area contributed by atoms with Crippen molar-refractivity contribution in [3.63, 3.8) is 0 Å². The summed E-state index contributed by atoms with van der Waals surface area (Å²) >= 11 is 0. The van der Waals surface area contributed by atoms with Gasteiger partial charge in [-0.25, -0.2) is 4.79 Å². The first kappa shape index (κ1) is 24.6. The van der Waals surface area contributed by atoms with Crippen molar-refractivity contribution >= 4 is 11.9 Å². The van der Waals surface area contributed by atoms with Crippen molar-refractivity contribution in [2.45, 2.75) is 58.5 Å². The van der Waals surface area contributed by atoms with E-state index in [0.717, 1.165) is 11.3 Å². The molecule has 1 fully saturated rings. The Labute approximate surface area is 208 Å². The first-order valence-corrected chi connectivity index (χ1v) is 12.2. The minimum Gasteiger partial charge on any atom is -0.444 e. The van der Waals surface area contributed by atoms with E-state index in [9.17, 15) is 9.59 Å². The van der Waals surface area contributed by atoms with E-state index in [0.29, 0.717) is 31.0 Å². The third-order valence-corrected chi connectivity index (χ3v) is 6.52. The summed E-state index contributed by atoms with van der Waals surface area (Å²) in [6.07, 6.45) is 1.83. The van der Waals surface area contributed by atoms with Crippen molar-refractivity contribution in [1.29, 1.82) is 0 Å². The minimum atomic E-state index is -0.485. The second-order valence-electron chi connectivity index (χ2n) is 10.5. The molecule has 0 unspecified atom stereocenters. The molecule has 0 spiro atoms. The Hall–Kier alpha value is -3.47. The average molecular weight is 471 g/mol. The van der Waals surface area contributed by atoms with Gasteiger partial charge in [-0.05, 0) is 69.0 Å². The van der Waals surface area contributed by atoms with E-state index >= 15 is 0 Å². The fraction of sp³-hybridized carbons (Fsp3) is 0.367. The lowest BCUT2D eigenvalue weighted by Gasteiger charge is -2.40. The molecule has 0 N–H and O–H groups in total. The van der Waals surface area contributed by atoms with Crippen LogP contribution in [0.2, 0.25) is 0 Å². The van der Waals surface area contributed by atoms with Crippen LogP contribution in [0.25, 0.3) is 0 Å². The number of rotatable bonds is 6. The highest BCUT2D eigenvalue weighted by Crippen LogP contribution is 2.34. The number of Topliss-reactive ketones (excluding diaryl/α,β-unsaturated/α-hetero) is 1. The average Bonchev–Trinajstić information content (AvgIpc) is 2.76. The van der Waals surface area contributed by atoms with Crippen LogP contribution in [0, 0.1) is 13.8 Å². The van der Waals surface area contributed by atoms with Crippen LogP contribution in [0.5, 0.6) is 0 Å². The van der Waals surface area contributed by atoms with Crippen molar-refractivity contribution in [3.8, 4) is 0 Å². The maximum Gasteiger partial charge on any atom is 0.410 e. The van der Waals surface area contributed by atoms with Gasteiger partial charge in [0.2, 0.25) is 0 Å². The fourth-order valence-electron chi connectivity index (χ4n) is 4.57. The zero-order valence-corrected chi connectivity index (χ0v) is 21.2. The molecule has 2 heterocycles. The molecule has 0 aliphatic carbocycles. The number of ketones is 1. The van der Waals surface area contributed by atoms with Gasteiger partial charge in [-0.2, -0.15) is 0 Å². The number of hydrogen-bond donors (Lipinski definition) is 0. The minimum absolute atomic E-state index is 0.0362. The lowest BCUT2D eigenvalue weighted by atomic mass is 9.82. The topological polar surface area (TPSA) is 59.5 Å². The molecule has 1 atom stereocenters. The van der Waals surface area contributed by atoms with Crippen LogP contribution in [0.1, 0.15) is 77.3 Å². The highest BCUT2D eigenvalue weighted by Gasteiger charge is 2.34. The Balaban J connectivity index is 1.51. The molecular weight excluding hydrogens is 436 g/mol. The van der Waals surface area contributed by atoms with Crippen LogP contribution in [0.15, 0.2) is 66.9 Å². The summed E-state index contributed by atoms with van der Waals surface area (Å²) in [5, 5.41) is 0. The van der Waals surface area contributed by atoms with Gasteiger partial charge in [0.1, 0.15) is 5.60 Å². The summed E-state index contributed by atoms with van der Waals surface area (Å²) < 4.78 is 5.47. The molecule has 0 saturated carbocycles. The molecule has 1 aromatic heterocycles. The van der Waals surface area contributed by atoms with E-state index in [1.165, 1.54) is 16.7 Å². The summed E-state index contributed by atoms with van der Waals surface area (Å²) in [5.41, 5.74) is 5.71. The molecule has 1 aliphatic rings. The molecule has 4 rings (SSSR count). The molecule has 0 bridgehead atoms. The monoisotopic (exact) mass is 470 g/mol. The quantitative estimate of drug-likeness (QED) is 0.389. The van der Waals surface area contributed by atoms with Gasteiger partial charge < -0.3 is 9.64 Å². The van der Waals surface area contributed by atoms with Crippen LogP contribution < -0.4 is 0 Å². The molecule has 1 saturated heterocycles. The van der Waals surface area contributed by atoms with Crippen LogP contribution in [0.3, 0.4) is 0 Å². The standard InChI is InChI=1S/C30H34N2O3/c1-20-8-6-7-9-26(20)27(17-28(33)24-14-15-31-21(2)16-24)23-12-10-22(11-13-23)25-18-32(19-25)29(34)35-30(3,4)5/h6-16,25,27H,17-19H2,1-5H3/t27-/m1/s1. The van der Waals surface area contributed by atoms with Gasteiger partial charge >= 0.3 is 6.09 Å². The highest BCUT2D eigenvalue weighted by atomic mass is 16.6. The van der Waals surface area contributed by atoms with Gasteiger partial charge in [-0.15, -0.1) is 0 Å². The maximum atomic E-state index is 13.2. The van der Waals surface area contributed by atoms with Gasteiger partial charge in [-0.3, -0.25) is 9.78 Å². The molecule has 0 radical (unpaired) electrons. The van der Waals surface area contributed by atoms with Crippen molar-refractivity contribution in [3.05, 3.63) is 100 Å². The zero-order chi connectivity index (χ0) is 25.2. The van der Waals surface area contributed by atoms with Crippen LogP contribution in [-0.4, -0.2) is 40.5 Å². The van der Waals surface area contributed by atoms with Crippen molar-refractivity contribution in [2.75, 3.05) is 13.1 Å². The second kappa shape index (κ2) is 10.0. The van der Waals surface area contributed by atoms with Crippen molar-refractivity contribution in [1.82, 2.24) is 9.88 Å². The van der Waals surface area contributed by atoms with Crippen molar-refractivity contribution < 1.29 is 14.3 Å². The van der Waals surface area contributed by atoms with Gasteiger partial charge in [0.05, 0.1) is 0 Å².